The maximum absolute atomic E-state index is 12.1. The second-order valence-corrected chi connectivity index (χ2v) is 4.52. The van der Waals surface area contributed by atoms with Gasteiger partial charge in [0, 0.05) is 18.6 Å². The molecule has 0 fully saturated rings. The van der Waals surface area contributed by atoms with Crippen LogP contribution < -0.4 is 20.5 Å². The molecule has 0 spiro atoms. The van der Waals surface area contributed by atoms with Gasteiger partial charge in [-0.3, -0.25) is 4.79 Å². The second-order valence-electron chi connectivity index (χ2n) is 4.52. The Hall–Kier alpha value is -2.83. The number of amides is 1. The van der Waals surface area contributed by atoms with E-state index < -0.39 is 0 Å². The van der Waals surface area contributed by atoms with Crippen molar-refractivity contribution in [3.8, 4) is 11.5 Å². The lowest BCUT2D eigenvalue weighted by Crippen LogP contribution is -2.13. The van der Waals surface area contributed by atoms with Gasteiger partial charge in [0.05, 0.1) is 42.5 Å². The van der Waals surface area contributed by atoms with Gasteiger partial charge >= 0.3 is 0 Å². The zero-order valence-electron chi connectivity index (χ0n) is 11.2. The van der Waals surface area contributed by atoms with Gasteiger partial charge in [-0.1, -0.05) is 0 Å². The van der Waals surface area contributed by atoms with Crippen LogP contribution in [0.3, 0.4) is 0 Å². The predicted octanol–water partition coefficient (Wildman–Crippen LogP) is 1.47. The molecule has 3 N–H and O–H groups in total. The summed E-state index contributed by atoms with van der Waals surface area (Å²) in [5.74, 6) is 0.851. The number of rotatable bonds is 2. The maximum atomic E-state index is 12.1. The Morgan fingerprint density at radius 1 is 1.19 bits per heavy atom. The molecule has 0 saturated carbocycles. The molecule has 0 bridgehead atoms. The average molecular weight is 286 g/mol. The number of nitrogens with one attached hydrogen (secondary N) is 1. The summed E-state index contributed by atoms with van der Waals surface area (Å²) in [6.07, 6.45) is 3.64. The van der Waals surface area contributed by atoms with Gasteiger partial charge < -0.3 is 20.5 Å². The topological polar surface area (TPSA) is 99.4 Å². The molecule has 1 aliphatic rings. The van der Waals surface area contributed by atoms with E-state index in [0.29, 0.717) is 41.7 Å². The van der Waals surface area contributed by atoms with Crippen LogP contribution in [0.15, 0.2) is 30.6 Å². The van der Waals surface area contributed by atoms with Crippen molar-refractivity contribution >= 4 is 17.3 Å². The predicted molar refractivity (Wildman–Crippen MR) is 76.4 cm³/mol. The number of carbonyl (C=O) groups is 1. The normalized spacial score (nSPS) is 13.3. The summed E-state index contributed by atoms with van der Waals surface area (Å²) in [6, 6.07) is 4.89. The van der Waals surface area contributed by atoms with E-state index in [-0.39, 0.29) is 5.91 Å². The van der Waals surface area contributed by atoms with Crippen molar-refractivity contribution in [3.63, 3.8) is 0 Å². The van der Waals surface area contributed by atoms with E-state index >= 15 is 0 Å². The quantitative estimate of drug-likeness (QED) is 0.811. The van der Waals surface area contributed by atoms with E-state index in [2.05, 4.69) is 15.5 Å². The second kappa shape index (κ2) is 5.66. The van der Waals surface area contributed by atoms with Crippen molar-refractivity contribution in [2.75, 3.05) is 24.3 Å². The summed E-state index contributed by atoms with van der Waals surface area (Å²) in [4.78, 5) is 12.1. The lowest BCUT2D eigenvalue weighted by atomic mass is 10.2. The fourth-order valence-corrected chi connectivity index (χ4v) is 1.95. The van der Waals surface area contributed by atoms with Gasteiger partial charge in [-0.25, -0.2) is 0 Å². The minimum Gasteiger partial charge on any atom is -0.489 e. The van der Waals surface area contributed by atoms with Gasteiger partial charge in [0.1, 0.15) is 0 Å². The summed E-state index contributed by atoms with van der Waals surface area (Å²) in [5.41, 5.74) is 7.23. The fraction of sp³-hybridized carbons (Fsp3) is 0.214. The Labute approximate surface area is 121 Å². The Balaban J connectivity index is 1.86. The number of ether oxygens (including phenoxy) is 2. The Morgan fingerprint density at radius 2 is 1.95 bits per heavy atom. The molecule has 0 saturated heterocycles. The van der Waals surface area contributed by atoms with Crippen LogP contribution in [0.1, 0.15) is 16.8 Å². The summed E-state index contributed by atoms with van der Waals surface area (Å²) in [6.45, 7) is 1.15. The number of nitrogens with two attached hydrogens (primary N) is 1. The molecule has 1 aromatic carbocycles. The molecule has 1 aliphatic heterocycles. The van der Waals surface area contributed by atoms with Crippen molar-refractivity contribution in [2.45, 2.75) is 6.42 Å². The first-order chi connectivity index (χ1) is 10.2. The molecule has 2 aromatic rings. The van der Waals surface area contributed by atoms with E-state index in [4.69, 9.17) is 15.2 Å². The SMILES string of the molecule is Nc1cc2c(cc1NC(=O)c1ccnnc1)OCCCO2. The summed E-state index contributed by atoms with van der Waals surface area (Å²) in [7, 11) is 0. The molecule has 2 heterocycles. The fourth-order valence-electron chi connectivity index (χ4n) is 1.95. The molecular weight excluding hydrogens is 272 g/mol. The number of nitrogens with zero attached hydrogens (tertiary/aromatic N) is 2. The Morgan fingerprint density at radius 3 is 2.67 bits per heavy atom. The zero-order chi connectivity index (χ0) is 14.7. The van der Waals surface area contributed by atoms with Crippen LogP contribution in [0.4, 0.5) is 11.4 Å². The number of aromatic nitrogens is 2. The van der Waals surface area contributed by atoms with Crippen LogP contribution in [-0.4, -0.2) is 29.3 Å². The van der Waals surface area contributed by atoms with Gasteiger partial charge in [-0.05, 0) is 6.07 Å². The highest BCUT2D eigenvalue weighted by molar-refractivity contribution is 6.05. The molecule has 0 aliphatic carbocycles. The lowest BCUT2D eigenvalue weighted by Gasteiger charge is -2.13. The van der Waals surface area contributed by atoms with E-state index in [1.807, 2.05) is 0 Å². The van der Waals surface area contributed by atoms with Crippen LogP contribution in [0.2, 0.25) is 0 Å². The van der Waals surface area contributed by atoms with E-state index in [1.165, 1.54) is 12.4 Å². The molecule has 0 atom stereocenters. The largest absolute Gasteiger partial charge is 0.489 e. The number of fused-ring (bicyclic) bond motifs is 1. The summed E-state index contributed by atoms with van der Waals surface area (Å²) in [5, 5.41) is 10.0. The molecule has 7 heteroatoms. The zero-order valence-corrected chi connectivity index (χ0v) is 11.2. The number of hydrogen-bond donors (Lipinski definition) is 2. The first-order valence-electron chi connectivity index (χ1n) is 6.51. The van der Waals surface area contributed by atoms with Crippen molar-refractivity contribution in [1.82, 2.24) is 10.2 Å². The molecule has 3 rings (SSSR count). The summed E-state index contributed by atoms with van der Waals surface area (Å²) >= 11 is 0. The highest BCUT2D eigenvalue weighted by atomic mass is 16.5. The molecule has 1 aromatic heterocycles. The van der Waals surface area contributed by atoms with Crippen LogP contribution in [0.5, 0.6) is 11.5 Å². The van der Waals surface area contributed by atoms with Crippen molar-refractivity contribution in [2.24, 2.45) is 0 Å². The molecule has 108 valence electrons. The first kappa shape index (κ1) is 13.2. The molecule has 1 amide bonds. The van der Waals surface area contributed by atoms with Gasteiger partial charge in [0.25, 0.3) is 5.91 Å². The van der Waals surface area contributed by atoms with Gasteiger partial charge in [-0.2, -0.15) is 10.2 Å². The Kier molecular flexibility index (Phi) is 3.55. The highest BCUT2D eigenvalue weighted by Crippen LogP contribution is 2.36. The number of benzene rings is 1. The number of nitrogen functional groups attached to an aromatic ring is 1. The molecule has 21 heavy (non-hydrogen) atoms. The Bertz CT molecular complexity index is 661. The number of anilines is 2. The van der Waals surface area contributed by atoms with Gasteiger partial charge in [-0.15, -0.1) is 0 Å². The van der Waals surface area contributed by atoms with Crippen molar-refractivity contribution in [3.05, 3.63) is 36.2 Å². The first-order valence-corrected chi connectivity index (χ1v) is 6.51. The smallest absolute Gasteiger partial charge is 0.257 e. The molecule has 0 unspecified atom stereocenters. The van der Waals surface area contributed by atoms with Gasteiger partial charge in [0.15, 0.2) is 11.5 Å². The monoisotopic (exact) mass is 286 g/mol. The van der Waals surface area contributed by atoms with Crippen LogP contribution in [0, 0.1) is 0 Å². The number of carbonyl (C=O) groups excluding carboxylic acids is 1. The van der Waals surface area contributed by atoms with Gasteiger partial charge in [0.2, 0.25) is 0 Å². The maximum Gasteiger partial charge on any atom is 0.257 e. The van der Waals surface area contributed by atoms with E-state index in [9.17, 15) is 4.79 Å². The van der Waals surface area contributed by atoms with Crippen molar-refractivity contribution in [1.29, 1.82) is 0 Å². The van der Waals surface area contributed by atoms with Crippen molar-refractivity contribution < 1.29 is 14.3 Å². The molecule has 7 nitrogen and oxygen atoms in total. The van der Waals surface area contributed by atoms with Crippen LogP contribution in [-0.2, 0) is 0 Å². The van der Waals surface area contributed by atoms with E-state index in [1.54, 1.807) is 18.2 Å². The standard InChI is InChI=1S/C14H14N4O3/c15-10-6-12-13(21-5-1-4-20-12)7-11(10)18-14(19)9-2-3-16-17-8-9/h2-3,6-8H,1,4-5,15H2,(H,18,19). The molecular formula is C14H14N4O3. The highest BCUT2D eigenvalue weighted by Gasteiger charge is 2.15. The molecule has 0 radical (unpaired) electrons. The minimum atomic E-state index is -0.314. The lowest BCUT2D eigenvalue weighted by molar-refractivity contribution is 0.102. The van der Waals surface area contributed by atoms with Crippen LogP contribution >= 0.6 is 0 Å². The minimum absolute atomic E-state index is 0.314. The van der Waals surface area contributed by atoms with E-state index in [0.717, 1.165) is 6.42 Å². The third-order valence-corrected chi connectivity index (χ3v) is 3.01. The van der Waals surface area contributed by atoms with Crippen LogP contribution in [0.25, 0.3) is 0 Å². The average Bonchev–Trinajstić information content (AvgIpc) is 2.73. The third-order valence-electron chi connectivity index (χ3n) is 3.01. The number of hydrogen-bond acceptors (Lipinski definition) is 6. The third kappa shape index (κ3) is 2.86. The summed E-state index contributed by atoms with van der Waals surface area (Å²) < 4.78 is 11.1.